The molecule has 98 valence electrons. The molecule has 2 N–H and O–H groups in total. The smallest absolute Gasteiger partial charge is 0.217 e. The second kappa shape index (κ2) is 6.00. The molecule has 0 spiro atoms. The first-order valence-electron chi connectivity index (χ1n) is 6.10. The van der Waals surface area contributed by atoms with Gasteiger partial charge in [-0.05, 0) is 35.7 Å². The highest BCUT2D eigenvalue weighted by Crippen LogP contribution is 2.19. The number of nitrogens with one attached hydrogen (secondary N) is 1. The summed E-state index contributed by atoms with van der Waals surface area (Å²) < 4.78 is 0. The Kier molecular flexibility index (Phi) is 4.13. The van der Waals surface area contributed by atoms with Gasteiger partial charge in [0, 0.05) is 19.3 Å². The Morgan fingerprint density at radius 2 is 2.05 bits per heavy atom. The van der Waals surface area contributed by atoms with Crippen LogP contribution in [0.25, 0.3) is 0 Å². The number of aromatic hydroxyl groups is 1. The van der Waals surface area contributed by atoms with E-state index in [0.29, 0.717) is 6.42 Å². The number of amides is 1. The van der Waals surface area contributed by atoms with E-state index < -0.39 is 0 Å². The summed E-state index contributed by atoms with van der Waals surface area (Å²) in [6, 6.07) is 10.7. The second-order valence-corrected chi connectivity index (χ2v) is 4.41. The van der Waals surface area contributed by atoms with Gasteiger partial charge in [0.15, 0.2) is 0 Å². The lowest BCUT2D eigenvalue weighted by molar-refractivity contribution is -0.119. The Morgan fingerprint density at radius 3 is 2.63 bits per heavy atom. The molecule has 19 heavy (non-hydrogen) atoms. The Balaban J connectivity index is 2.19. The molecule has 1 heterocycles. The van der Waals surface area contributed by atoms with E-state index in [1.807, 2.05) is 24.3 Å². The first-order chi connectivity index (χ1) is 9.15. The number of phenolic OH excluding ortho intramolecular Hbond substituents is 1. The van der Waals surface area contributed by atoms with Crippen LogP contribution in [0.1, 0.15) is 24.1 Å². The normalized spacial score (nSPS) is 11.8. The van der Waals surface area contributed by atoms with E-state index in [1.54, 1.807) is 24.5 Å². The molecule has 1 unspecified atom stereocenters. The molecule has 0 fully saturated rings. The van der Waals surface area contributed by atoms with Crippen LogP contribution in [0.4, 0.5) is 0 Å². The molecule has 0 aliphatic carbocycles. The number of hydrogen-bond donors (Lipinski definition) is 2. The van der Waals surface area contributed by atoms with Crippen LogP contribution < -0.4 is 5.32 Å². The molecule has 1 atom stereocenters. The average molecular weight is 256 g/mol. The molecule has 4 nitrogen and oxygen atoms in total. The quantitative estimate of drug-likeness (QED) is 0.881. The Morgan fingerprint density at radius 1 is 1.32 bits per heavy atom. The van der Waals surface area contributed by atoms with Gasteiger partial charge in [-0.3, -0.25) is 9.78 Å². The summed E-state index contributed by atoms with van der Waals surface area (Å²) in [5.41, 5.74) is 2.01. The van der Waals surface area contributed by atoms with Gasteiger partial charge < -0.3 is 10.4 Å². The van der Waals surface area contributed by atoms with Gasteiger partial charge in [0.25, 0.3) is 0 Å². The Bertz CT molecular complexity index is 538. The van der Waals surface area contributed by atoms with Crippen LogP contribution >= 0.6 is 0 Å². The number of carbonyl (C=O) groups is 1. The third-order valence-corrected chi connectivity index (χ3v) is 2.84. The number of benzene rings is 1. The van der Waals surface area contributed by atoms with Gasteiger partial charge in [-0.25, -0.2) is 0 Å². The molecule has 0 saturated carbocycles. The topological polar surface area (TPSA) is 62.2 Å². The maximum atomic E-state index is 11.3. The number of aromatic nitrogens is 1. The highest BCUT2D eigenvalue weighted by Gasteiger charge is 2.13. The van der Waals surface area contributed by atoms with Gasteiger partial charge in [-0.15, -0.1) is 0 Å². The third kappa shape index (κ3) is 3.81. The summed E-state index contributed by atoms with van der Waals surface area (Å²) in [6.07, 6.45) is 4.11. The van der Waals surface area contributed by atoms with Crippen molar-refractivity contribution in [2.75, 3.05) is 0 Å². The molecule has 0 aliphatic heterocycles. The molecule has 0 saturated heterocycles. The van der Waals surface area contributed by atoms with Crippen LogP contribution in [0.5, 0.6) is 5.75 Å². The number of pyridine rings is 1. The fourth-order valence-electron chi connectivity index (χ4n) is 1.95. The molecular weight excluding hydrogens is 240 g/mol. The maximum absolute atomic E-state index is 11.3. The molecule has 1 amide bonds. The third-order valence-electron chi connectivity index (χ3n) is 2.84. The summed E-state index contributed by atoms with van der Waals surface area (Å²) in [5.74, 6) is 0.161. The lowest BCUT2D eigenvalue weighted by Crippen LogP contribution is -2.27. The highest BCUT2D eigenvalue weighted by atomic mass is 16.3. The monoisotopic (exact) mass is 256 g/mol. The van der Waals surface area contributed by atoms with E-state index in [-0.39, 0.29) is 17.7 Å². The molecular formula is C15H16N2O2. The summed E-state index contributed by atoms with van der Waals surface area (Å²) in [7, 11) is 0. The molecule has 2 rings (SSSR count). The van der Waals surface area contributed by atoms with Crippen molar-refractivity contribution in [2.24, 2.45) is 0 Å². The molecule has 0 bridgehead atoms. The molecule has 0 aliphatic rings. The van der Waals surface area contributed by atoms with E-state index in [4.69, 9.17) is 0 Å². The Hall–Kier alpha value is -2.36. The van der Waals surface area contributed by atoms with E-state index in [0.717, 1.165) is 11.1 Å². The van der Waals surface area contributed by atoms with Gasteiger partial charge in [0.05, 0.1) is 6.04 Å². The van der Waals surface area contributed by atoms with Gasteiger partial charge in [0.1, 0.15) is 5.75 Å². The minimum Gasteiger partial charge on any atom is -0.508 e. The summed E-state index contributed by atoms with van der Waals surface area (Å²) >= 11 is 0. The number of nitrogens with zero attached hydrogens (tertiary/aromatic N) is 1. The summed E-state index contributed by atoms with van der Waals surface area (Å²) in [4.78, 5) is 15.4. The SMILES string of the molecule is CC(=O)NC(Cc1ccc(O)cc1)c1cccnc1. The van der Waals surface area contributed by atoms with Crippen molar-refractivity contribution >= 4 is 5.91 Å². The fraction of sp³-hybridized carbons (Fsp3) is 0.200. The Labute approximate surface area is 112 Å². The number of rotatable bonds is 4. The zero-order chi connectivity index (χ0) is 13.7. The zero-order valence-corrected chi connectivity index (χ0v) is 10.7. The van der Waals surface area contributed by atoms with Crippen molar-refractivity contribution in [3.05, 3.63) is 59.9 Å². The van der Waals surface area contributed by atoms with Crippen molar-refractivity contribution < 1.29 is 9.90 Å². The van der Waals surface area contributed by atoms with Crippen molar-refractivity contribution in [2.45, 2.75) is 19.4 Å². The number of hydrogen-bond acceptors (Lipinski definition) is 3. The summed E-state index contributed by atoms with van der Waals surface area (Å²) in [5, 5.41) is 12.2. The van der Waals surface area contributed by atoms with Crippen molar-refractivity contribution in [1.82, 2.24) is 10.3 Å². The summed E-state index contributed by atoms with van der Waals surface area (Å²) in [6.45, 7) is 1.50. The zero-order valence-electron chi connectivity index (χ0n) is 10.7. The minimum atomic E-state index is -0.115. The van der Waals surface area contributed by atoms with E-state index in [1.165, 1.54) is 6.92 Å². The lowest BCUT2D eigenvalue weighted by Gasteiger charge is -2.18. The number of carbonyl (C=O) groups excluding carboxylic acids is 1. The van der Waals surface area contributed by atoms with Crippen LogP contribution in [0.15, 0.2) is 48.8 Å². The van der Waals surface area contributed by atoms with Gasteiger partial charge >= 0.3 is 0 Å². The van der Waals surface area contributed by atoms with Crippen LogP contribution in [-0.2, 0) is 11.2 Å². The predicted molar refractivity (Wildman–Crippen MR) is 72.6 cm³/mol. The fourth-order valence-corrected chi connectivity index (χ4v) is 1.95. The van der Waals surface area contributed by atoms with Crippen LogP contribution in [0.3, 0.4) is 0 Å². The molecule has 1 aromatic heterocycles. The number of phenols is 1. The van der Waals surface area contributed by atoms with Crippen LogP contribution in [0.2, 0.25) is 0 Å². The molecule has 4 heteroatoms. The van der Waals surface area contributed by atoms with Gasteiger partial charge in [0.2, 0.25) is 5.91 Å². The highest BCUT2D eigenvalue weighted by molar-refractivity contribution is 5.73. The van der Waals surface area contributed by atoms with Crippen LogP contribution in [-0.4, -0.2) is 16.0 Å². The van der Waals surface area contributed by atoms with Crippen molar-refractivity contribution in [3.8, 4) is 5.75 Å². The predicted octanol–water partition coefficient (Wildman–Crippen LogP) is 2.21. The van der Waals surface area contributed by atoms with Crippen LogP contribution in [0, 0.1) is 0 Å². The average Bonchev–Trinajstić information content (AvgIpc) is 2.41. The minimum absolute atomic E-state index is 0.0763. The first kappa shape index (κ1) is 13.1. The van der Waals surface area contributed by atoms with Crippen molar-refractivity contribution in [1.29, 1.82) is 0 Å². The molecule has 0 radical (unpaired) electrons. The lowest BCUT2D eigenvalue weighted by atomic mass is 10.00. The van der Waals surface area contributed by atoms with E-state index >= 15 is 0 Å². The standard InChI is InChI=1S/C15H16N2O2/c1-11(18)17-15(13-3-2-8-16-10-13)9-12-4-6-14(19)7-5-12/h2-8,10,15,19H,9H2,1H3,(H,17,18). The maximum Gasteiger partial charge on any atom is 0.217 e. The van der Waals surface area contributed by atoms with E-state index in [2.05, 4.69) is 10.3 Å². The molecule has 1 aromatic carbocycles. The largest absolute Gasteiger partial charge is 0.508 e. The van der Waals surface area contributed by atoms with Crippen molar-refractivity contribution in [3.63, 3.8) is 0 Å². The van der Waals surface area contributed by atoms with Gasteiger partial charge in [-0.1, -0.05) is 18.2 Å². The first-order valence-corrected chi connectivity index (χ1v) is 6.10. The second-order valence-electron chi connectivity index (χ2n) is 4.41. The van der Waals surface area contributed by atoms with E-state index in [9.17, 15) is 9.90 Å². The molecule has 2 aromatic rings. The van der Waals surface area contributed by atoms with Gasteiger partial charge in [-0.2, -0.15) is 0 Å².